The SMILES string of the molecule is COC12CC(COC(=O)c3cncc(Br)c3)CN(C)C1Cc1cn(C)c3cccc2c13.O=C(O)C(O)C(O)C(=O)O. The number of pyridine rings is 1. The van der Waals surface area contributed by atoms with Gasteiger partial charge in [0.25, 0.3) is 0 Å². The number of hydrogen-bond acceptors (Lipinski definition) is 9. The molecule has 5 atom stereocenters. The summed E-state index contributed by atoms with van der Waals surface area (Å²) in [5.74, 6) is -3.71. The Balaban J connectivity index is 0.000000334. The van der Waals surface area contributed by atoms with Crippen LogP contribution in [0.3, 0.4) is 0 Å². The molecule has 1 saturated heterocycles. The summed E-state index contributed by atoms with van der Waals surface area (Å²) in [4.78, 5) is 38.5. The summed E-state index contributed by atoms with van der Waals surface area (Å²) in [5, 5.41) is 33.8. The normalized spacial score (nSPS) is 23.1. The zero-order chi connectivity index (χ0) is 30.1. The Morgan fingerprint density at radius 1 is 1.15 bits per heavy atom. The topological polar surface area (TPSA) is 172 Å². The first-order valence-corrected chi connectivity index (χ1v) is 13.6. The van der Waals surface area contributed by atoms with Gasteiger partial charge in [0.1, 0.15) is 5.60 Å². The van der Waals surface area contributed by atoms with E-state index in [1.807, 2.05) is 7.11 Å². The van der Waals surface area contributed by atoms with E-state index in [-0.39, 0.29) is 17.9 Å². The largest absolute Gasteiger partial charge is 0.479 e. The number of aromatic nitrogens is 2. The number of carboxylic acids is 2. The van der Waals surface area contributed by atoms with E-state index < -0.39 is 29.7 Å². The summed E-state index contributed by atoms with van der Waals surface area (Å²) in [7, 11) is 6.07. The highest BCUT2D eigenvalue weighted by atomic mass is 79.9. The molecule has 3 aromatic rings. The summed E-state index contributed by atoms with van der Waals surface area (Å²) in [6.45, 7) is 1.21. The Bertz CT molecular complexity index is 1440. The summed E-state index contributed by atoms with van der Waals surface area (Å²) in [6, 6.07) is 8.47. The van der Waals surface area contributed by atoms with E-state index in [0.717, 1.165) is 23.9 Å². The van der Waals surface area contributed by atoms with E-state index in [4.69, 9.17) is 29.9 Å². The smallest absolute Gasteiger partial charge is 0.339 e. The monoisotopic (exact) mass is 633 g/mol. The van der Waals surface area contributed by atoms with Crippen molar-refractivity contribution in [3.05, 3.63) is 64.0 Å². The lowest BCUT2D eigenvalue weighted by molar-refractivity contribution is -0.165. The molecule has 12 nitrogen and oxygen atoms in total. The third-order valence-corrected chi connectivity index (χ3v) is 8.16. The number of fused-ring (bicyclic) bond motifs is 2. The van der Waals surface area contributed by atoms with Gasteiger partial charge in [-0.15, -0.1) is 0 Å². The highest BCUT2D eigenvalue weighted by molar-refractivity contribution is 9.10. The highest BCUT2D eigenvalue weighted by Crippen LogP contribution is 2.49. The number of piperidine rings is 1. The Labute approximate surface area is 244 Å². The van der Waals surface area contributed by atoms with Crippen LogP contribution in [0, 0.1) is 5.92 Å². The van der Waals surface area contributed by atoms with Crippen LogP contribution < -0.4 is 0 Å². The van der Waals surface area contributed by atoms with Gasteiger partial charge >= 0.3 is 17.9 Å². The van der Waals surface area contributed by atoms with Crippen molar-refractivity contribution in [1.29, 1.82) is 0 Å². The summed E-state index contributed by atoms with van der Waals surface area (Å²) in [5.41, 5.74) is 3.90. The number of carbonyl (C=O) groups is 3. The number of likely N-dealkylation sites (tertiary alicyclic amines) is 1. The first-order valence-electron chi connectivity index (χ1n) is 12.8. The molecule has 0 spiro atoms. The van der Waals surface area contributed by atoms with Gasteiger partial charge in [-0.1, -0.05) is 12.1 Å². The van der Waals surface area contributed by atoms with E-state index in [9.17, 15) is 14.4 Å². The van der Waals surface area contributed by atoms with Gasteiger partial charge in [0.05, 0.1) is 12.2 Å². The molecule has 13 heteroatoms. The van der Waals surface area contributed by atoms with Crippen molar-refractivity contribution in [2.45, 2.75) is 36.7 Å². The first kappa shape index (κ1) is 30.6. The van der Waals surface area contributed by atoms with E-state index in [1.165, 1.54) is 28.2 Å². The second kappa shape index (κ2) is 12.2. The number of nitrogens with zero attached hydrogens (tertiary/aromatic N) is 3. The standard InChI is InChI=1S/C24H26BrN3O3.C4H6O6/c1-27-13-17-8-21-24(30-3,19-5-4-6-20(27)22(17)19)9-15(12-28(21)2)14-31-23(29)16-7-18(25)11-26-10-16;5-1(3(7)8)2(6)4(9)10/h4-7,10-11,13,15,21H,8-9,12,14H2,1-3H3;1-2,5-6H,(H,7,8)(H,9,10). The molecule has 220 valence electrons. The molecule has 1 fully saturated rings. The Hall–Kier alpha value is -3.36. The summed E-state index contributed by atoms with van der Waals surface area (Å²) >= 11 is 3.35. The molecule has 5 rings (SSSR count). The maximum absolute atomic E-state index is 12.5. The predicted molar refractivity (Wildman–Crippen MR) is 149 cm³/mol. The Morgan fingerprint density at radius 3 is 2.44 bits per heavy atom. The van der Waals surface area contributed by atoms with Gasteiger partial charge in [0.2, 0.25) is 0 Å². The number of carboxylic acid groups (broad SMARTS) is 2. The fourth-order valence-corrected chi connectivity index (χ4v) is 6.26. The maximum Gasteiger partial charge on any atom is 0.339 e. The number of hydrogen-bond donors (Lipinski definition) is 4. The van der Waals surface area contributed by atoms with Crippen LogP contribution in [0.15, 0.2) is 47.3 Å². The van der Waals surface area contributed by atoms with Crippen LogP contribution in [-0.4, -0.2) is 98.3 Å². The van der Waals surface area contributed by atoms with E-state index in [2.05, 4.69) is 68.9 Å². The minimum atomic E-state index is -2.27. The van der Waals surface area contributed by atoms with Crippen molar-refractivity contribution in [2.24, 2.45) is 13.0 Å². The average Bonchev–Trinajstić information content (AvgIpc) is 3.27. The number of aliphatic hydroxyl groups excluding tert-OH is 2. The van der Waals surface area contributed by atoms with Gasteiger partial charge in [-0.25, -0.2) is 14.4 Å². The van der Waals surface area contributed by atoms with Crippen molar-refractivity contribution in [3.63, 3.8) is 0 Å². The molecule has 5 unspecified atom stereocenters. The molecule has 1 aliphatic heterocycles. The van der Waals surface area contributed by atoms with Gasteiger partial charge in [0.15, 0.2) is 12.2 Å². The molecule has 4 N–H and O–H groups in total. The molecule has 0 bridgehead atoms. The number of methoxy groups -OCH3 is 1. The van der Waals surface area contributed by atoms with Crippen LogP contribution >= 0.6 is 15.9 Å². The quantitative estimate of drug-likeness (QED) is 0.279. The van der Waals surface area contributed by atoms with Crippen LogP contribution in [0.25, 0.3) is 10.9 Å². The number of rotatable bonds is 7. The number of carbonyl (C=O) groups excluding carboxylic acids is 1. The second-order valence-corrected chi connectivity index (χ2v) is 11.3. The van der Waals surface area contributed by atoms with E-state index in [1.54, 1.807) is 12.3 Å². The lowest BCUT2D eigenvalue weighted by Crippen LogP contribution is -2.59. The molecule has 2 aromatic heterocycles. The molecule has 41 heavy (non-hydrogen) atoms. The number of likely N-dealkylation sites (N-methyl/N-ethyl adjacent to an activating group) is 1. The first-order chi connectivity index (χ1) is 19.4. The van der Waals surface area contributed by atoms with Crippen molar-refractivity contribution in [1.82, 2.24) is 14.5 Å². The number of esters is 1. The van der Waals surface area contributed by atoms with Gasteiger partial charge in [-0.2, -0.15) is 0 Å². The zero-order valence-corrected chi connectivity index (χ0v) is 24.3. The molecular weight excluding hydrogens is 602 g/mol. The number of aliphatic hydroxyl groups is 2. The minimum Gasteiger partial charge on any atom is -0.479 e. The molecule has 0 saturated carbocycles. The minimum absolute atomic E-state index is 0.172. The molecule has 1 aromatic carbocycles. The van der Waals surface area contributed by atoms with Gasteiger partial charge in [-0.05, 0) is 59.1 Å². The van der Waals surface area contributed by atoms with Crippen LogP contribution in [0.1, 0.15) is 27.9 Å². The maximum atomic E-state index is 12.5. The molecule has 0 radical (unpaired) electrons. The molecule has 3 heterocycles. The second-order valence-electron chi connectivity index (χ2n) is 10.3. The van der Waals surface area contributed by atoms with Gasteiger partial charge in [-0.3, -0.25) is 9.88 Å². The number of halogens is 1. The van der Waals surface area contributed by atoms with E-state index in [0.29, 0.717) is 12.2 Å². The zero-order valence-electron chi connectivity index (χ0n) is 22.7. The third-order valence-electron chi connectivity index (χ3n) is 7.73. The molecule has 0 amide bonds. The Morgan fingerprint density at radius 2 is 1.83 bits per heavy atom. The van der Waals surface area contributed by atoms with Crippen LogP contribution in [-0.2, 0) is 38.1 Å². The summed E-state index contributed by atoms with van der Waals surface area (Å²) < 4.78 is 15.0. The highest BCUT2D eigenvalue weighted by Gasteiger charge is 2.51. The van der Waals surface area contributed by atoms with Crippen LogP contribution in [0.4, 0.5) is 0 Å². The van der Waals surface area contributed by atoms with Crippen LogP contribution in [0.5, 0.6) is 0 Å². The number of ether oxygens (including phenoxy) is 2. The lowest BCUT2D eigenvalue weighted by Gasteiger charge is -2.53. The number of aliphatic carboxylic acids is 2. The number of aryl methyl sites for hydroxylation is 1. The third kappa shape index (κ3) is 5.99. The fraction of sp³-hybridized carbons (Fsp3) is 0.429. The Kier molecular flexibility index (Phi) is 9.14. The predicted octanol–water partition coefficient (Wildman–Crippen LogP) is 1.79. The van der Waals surface area contributed by atoms with E-state index >= 15 is 0 Å². The van der Waals surface area contributed by atoms with Crippen molar-refractivity contribution >= 4 is 44.7 Å². The van der Waals surface area contributed by atoms with Crippen molar-refractivity contribution in [2.75, 3.05) is 27.3 Å². The number of benzene rings is 1. The molecule has 1 aliphatic carbocycles. The lowest BCUT2D eigenvalue weighted by atomic mass is 9.69. The molecular formula is C28H32BrN3O9. The van der Waals surface area contributed by atoms with Gasteiger partial charge < -0.3 is 34.5 Å². The van der Waals surface area contributed by atoms with Gasteiger partial charge in [0, 0.05) is 66.6 Å². The molecule has 2 aliphatic rings. The summed E-state index contributed by atoms with van der Waals surface area (Å²) in [6.07, 6.45) is 2.67. The van der Waals surface area contributed by atoms with Crippen molar-refractivity contribution in [3.8, 4) is 0 Å². The van der Waals surface area contributed by atoms with Crippen LogP contribution in [0.2, 0.25) is 0 Å². The fourth-order valence-electron chi connectivity index (χ4n) is 5.90. The average molecular weight is 634 g/mol. The van der Waals surface area contributed by atoms with Crippen molar-refractivity contribution < 1.29 is 44.3 Å².